The first kappa shape index (κ1) is 39.0. The smallest absolute Gasteiger partial charge is 0.407 e. The minimum atomic E-state index is -1.02. The van der Waals surface area contributed by atoms with Crippen molar-refractivity contribution < 1.29 is 33.5 Å². The summed E-state index contributed by atoms with van der Waals surface area (Å²) in [6.45, 7) is 17.5. The molecule has 3 fully saturated rings. The van der Waals surface area contributed by atoms with Gasteiger partial charge < -0.3 is 30.9 Å². The second-order valence-electron chi connectivity index (χ2n) is 15.7. The van der Waals surface area contributed by atoms with E-state index in [2.05, 4.69) is 27.8 Å². The fourth-order valence-corrected chi connectivity index (χ4v) is 6.98. The Hall–Kier alpha value is -3.44. The highest BCUT2D eigenvalue weighted by molar-refractivity contribution is 6.38. The first-order valence-corrected chi connectivity index (χ1v) is 17.8. The largest absolute Gasteiger partial charge is 0.450 e. The number of nitrogens with zero attached hydrogens (tertiary/aromatic N) is 1. The number of carbonyl (C=O) groups is 6. The molecular weight excluding hydrogens is 614 g/mol. The van der Waals surface area contributed by atoms with Crippen LogP contribution in [-0.2, 0) is 28.7 Å². The van der Waals surface area contributed by atoms with Gasteiger partial charge in [0.1, 0.15) is 18.1 Å². The molecule has 5 atom stereocenters. The van der Waals surface area contributed by atoms with E-state index in [1.807, 2.05) is 41.5 Å². The van der Waals surface area contributed by atoms with Gasteiger partial charge in [-0.15, -0.1) is 6.58 Å². The number of likely N-dealkylation sites (tertiary alicyclic amines) is 1. The third-order valence-corrected chi connectivity index (χ3v) is 10.3. The summed E-state index contributed by atoms with van der Waals surface area (Å²) >= 11 is 0. The molecule has 5 amide bonds. The number of hydrogen-bond donors (Lipinski definition) is 4. The Morgan fingerprint density at radius 3 is 2.19 bits per heavy atom. The number of rotatable bonds is 15. The Bertz CT molecular complexity index is 1200. The summed E-state index contributed by atoms with van der Waals surface area (Å²) in [6, 6.07) is -3.83. The van der Waals surface area contributed by atoms with Crippen LogP contribution in [0.3, 0.4) is 0 Å². The molecule has 3 aliphatic rings. The Kier molecular flexibility index (Phi) is 13.6. The molecule has 0 spiro atoms. The highest BCUT2D eigenvalue weighted by atomic mass is 16.5. The zero-order valence-corrected chi connectivity index (χ0v) is 30.1. The third-order valence-electron chi connectivity index (χ3n) is 10.3. The molecule has 1 aliphatic heterocycles. The maximum absolute atomic E-state index is 14.5. The zero-order valence-electron chi connectivity index (χ0n) is 30.1. The van der Waals surface area contributed by atoms with Crippen LogP contribution in [-0.4, -0.2) is 84.3 Å². The first-order chi connectivity index (χ1) is 22.5. The standard InChI is InChI=1S/C36H59N5O7/c1-9-18-37-31(44)27(42)25(19-23-14-15-23)38-30(43)26-20-24(22(3)4)21-41(26)33(46)29(35(5,6)7)39-32(45)28(40-34(47)48-10-2)36(8)16-12-11-13-17-36/h9,22-26,28-29H,1,10-21H2,2-8H3,(H,37,44)(H,38,43)(H,39,45)(H,40,47)/t24-,25?,26+,28-,29-/m1/s1. The average molecular weight is 674 g/mol. The van der Waals surface area contributed by atoms with Crippen molar-refractivity contribution >= 4 is 35.5 Å². The van der Waals surface area contributed by atoms with Crippen LogP contribution in [0, 0.1) is 28.6 Å². The molecule has 0 aromatic carbocycles. The maximum Gasteiger partial charge on any atom is 0.407 e. The average Bonchev–Trinajstić information content (AvgIpc) is 3.72. The first-order valence-electron chi connectivity index (χ1n) is 17.8. The molecule has 12 nitrogen and oxygen atoms in total. The van der Waals surface area contributed by atoms with E-state index < -0.39 is 70.5 Å². The Morgan fingerprint density at radius 2 is 1.65 bits per heavy atom. The lowest BCUT2D eigenvalue weighted by Crippen LogP contribution is -2.63. The lowest BCUT2D eigenvalue weighted by Gasteiger charge is -2.42. The molecule has 0 aromatic heterocycles. The molecule has 12 heteroatoms. The molecule has 1 saturated heterocycles. The lowest BCUT2D eigenvalue weighted by molar-refractivity contribution is -0.145. The molecule has 1 heterocycles. The van der Waals surface area contributed by atoms with Crippen molar-refractivity contribution in [1.29, 1.82) is 0 Å². The summed E-state index contributed by atoms with van der Waals surface area (Å²) in [4.78, 5) is 82.4. The molecule has 48 heavy (non-hydrogen) atoms. The van der Waals surface area contributed by atoms with Gasteiger partial charge in [-0.25, -0.2) is 4.79 Å². The van der Waals surface area contributed by atoms with E-state index in [9.17, 15) is 28.8 Å². The quantitative estimate of drug-likeness (QED) is 0.152. The molecule has 0 radical (unpaired) electrons. The second kappa shape index (κ2) is 16.8. The minimum Gasteiger partial charge on any atom is -0.450 e. The molecule has 1 unspecified atom stereocenters. The molecule has 0 aromatic rings. The zero-order chi connectivity index (χ0) is 35.8. The number of Topliss-reactive ketones (excluding diaryl/α,β-unsaturated/α-hetero) is 1. The number of amides is 5. The fourth-order valence-electron chi connectivity index (χ4n) is 6.98. The monoisotopic (exact) mass is 673 g/mol. The number of carbonyl (C=O) groups excluding carboxylic acids is 6. The van der Waals surface area contributed by atoms with E-state index in [4.69, 9.17) is 4.74 Å². The molecule has 2 saturated carbocycles. The summed E-state index contributed by atoms with van der Waals surface area (Å²) in [5, 5.41) is 11.1. The summed E-state index contributed by atoms with van der Waals surface area (Å²) in [6.07, 6.45) is 7.76. The predicted molar refractivity (Wildman–Crippen MR) is 182 cm³/mol. The van der Waals surface area contributed by atoms with Gasteiger partial charge in [0.15, 0.2) is 0 Å². The van der Waals surface area contributed by atoms with E-state index in [0.29, 0.717) is 19.4 Å². The molecule has 4 N–H and O–H groups in total. The van der Waals surface area contributed by atoms with Crippen LogP contribution < -0.4 is 21.3 Å². The fraction of sp³-hybridized carbons (Fsp3) is 0.778. The van der Waals surface area contributed by atoms with E-state index in [1.54, 1.807) is 6.92 Å². The van der Waals surface area contributed by atoms with Gasteiger partial charge in [0.25, 0.3) is 5.91 Å². The summed E-state index contributed by atoms with van der Waals surface area (Å²) < 4.78 is 5.14. The van der Waals surface area contributed by atoms with Crippen molar-refractivity contribution in [3.05, 3.63) is 12.7 Å². The van der Waals surface area contributed by atoms with Gasteiger partial charge in [0, 0.05) is 13.1 Å². The van der Waals surface area contributed by atoms with Crippen LogP contribution in [0.25, 0.3) is 0 Å². The predicted octanol–water partition coefficient (Wildman–Crippen LogP) is 3.63. The molecule has 270 valence electrons. The highest BCUT2D eigenvalue weighted by Crippen LogP contribution is 2.40. The van der Waals surface area contributed by atoms with Crippen molar-refractivity contribution in [3.63, 3.8) is 0 Å². The molecule has 3 rings (SSSR count). The van der Waals surface area contributed by atoms with Gasteiger partial charge in [-0.2, -0.15) is 0 Å². The van der Waals surface area contributed by atoms with Crippen molar-refractivity contribution in [1.82, 2.24) is 26.2 Å². The third kappa shape index (κ3) is 10.3. The van der Waals surface area contributed by atoms with Crippen molar-refractivity contribution in [2.45, 2.75) is 130 Å². The Labute approximate surface area is 286 Å². The topological polar surface area (TPSA) is 163 Å². The number of hydrogen-bond acceptors (Lipinski definition) is 7. The molecule has 0 bridgehead atoms. The normalized spacial score (nSPS) is 22.5. The molecule has 2 aliphatic carbocycles. The van der Waals surface area contributed by atoms with E-state index in [-0.39, 0.29) is 30.9 Å². The Morgan fingerprint density at radius 1 is 1.00 bits per heavy atom. The van der Waals surface area contributed by atoms with Crippen LogP contribution >= 0.6 is 0 Å². The van der Waals surface area contributed by atoms with Crippen LogP contribution in [0.1, 0.15) is 106 Å². The Balaban J connectivity index is 1.88. The summed E-state index contributed by atoms with van der Waals surface area (Å²) in [5.74, 6) is -2.44. The number of ketones is 1. The summed E-state index contributed by atoms with van der Waals surface area (Å²) in [5.41, 5.74) is -1.28. The highest BCUT2D eigenvalue weighted by Gasteiger charge is 2.48. The van der Waals surface area contributed by atoms with Crippen molar-refractivity contribution in [2.24, 2.45) is 28.6 Å². The summed E-state index contributed by atoms with van der Waals surface area (Å²) in [7, 11) is 0. The van der Waals surface area contributed by atoms with Crippen LogP contribution in [0.2, 0.25) is 0 Å². The maximum atomic E-state index is 14.5. The minimum absolute atomic E-state index is 0.00822. The van der Waals surface area contributed by atoms with Gasteiger partial charge in [-0.3, -0.25) is 24.0 Å². The van der Waals surface area contributed by atoms with Gasteiger partial charge >= 0.3 is 6.09 Å². The number of ether oxygens (including phenoxy) is 1. The second-order valence-corrected chi connectivity index (χ2v) is 15.7. The van der Waals surface area contributed by atoms with Crippen LogP contribution in [0.15, 0.2) is 12.7 Å². The van der Waals surface area contributed by atoms with E-state index >= 15 is 0 Å². The molecular formula is C36H59N5O7. The van der Waals surface area contributed by atoms with Crippen LogP contribution in [0.4, 0.5) is 4.79 Å². The van der Waals surface area contributed by atoms with Crippen molar-refractivity contribution in [3.8, 4) is 0 Å². The van der Waals surface area contributed by atoms with E-state index in [1.165, 1.54) is 11.0 Å². The number of nitrogens with one attached hydrogen (secondary N) is 4. The van der Waals surface area contributed by atoms with Gasteiger partial charge in [-0.05, 0) is 61.2 Å². The number of alkyl carbamates (subject to hydrolysis) is 1. The SMILES string of the molecule is C=CCNC(=O)C(=O)C(CC1CC1)NC(=O)[C@@H]1C[C@@H](C(C)C)CN1C(=O)[C@@H](NC(=O)[C@@H](NC(=O)OCC)C1(C)CCCCC1)C(C)(C)C. The van der Waals surface area contributed by atoms with Gasteiger partial charge in [0.05, 0.1) is 12.6 Å². The van der Waals surface area contributed by atoms with Gasteiger partial charge in [-0.1, -0.05) is 79.7 Å². The van der Waals surface area contributed by atoms with Gasteiger partial charge in [0.2, 0.25) is 23.5 Å². The van der Waals surface area contributed by atoms with E-state index in [0.717, 1.165) is 44.9 Å². The van der Waals surface area contributed by atoms with Crippen LogP contribution in [0.5, 0.6) is 0 Å². The lowest BCUT2D eigenvalue weighted by atomic mass is 9.70. The van der Waals surface area contributed by atoms with Crippen molar-refractivity contribution in [2.75, 3.05) is 19.7 Å².